The molecule has 0 saturated carbocycles. The second kappa shape index (κ2) is 59.9. The number of hydrogen-bond acceptors (Lipinski definition) is 29. The summed E-state index contributed by atoms with van der Waals surface area (Å²) in [7, 11) is 5.59. The number of amidine groups is 1. The van der Waals surface area contributed by atoms with E-state index in [1.54, 1.807) is 54.6 Å². The van der Waals surface area contributed by atoms with Crippen molar-refractivity contribution < 1.29 is 112 Å². The molecule has 3 heterocycles. The minimum Gasteiger partial charge on any atom is -0.496 e. The molecule has 24 N–H and O–H groups in total. The third-order valence-corrected chi connectivity index (χ3v) is 24.9. The van der Waals surface area contributed by atoms with Gasteiger partial charge in [0.2, 0.25) is 0 Å². The molecule has 42 heteroatoms. The first-order valence-corrected chi connectivity index (χ1v) is 49.3. The van der Waals surface area contributed by atoms with Crippen LogP contribution in [0.3, 0.4) is 0 Å². The van der Waals surface area contributed by atoms with Crippen molar-refractivity contribution in [2.45, 2.75) is 241 Å². The van der Waals surface area contributed by atoms with E-state index in [0.29, 0.717) is 177 Å². The number of Topliss-reactive ketones (excluding diaryl/α,β-unsaturated/α-hetero) is 8. The summed E-state index contributed by atoms with van der Waals surface area (Å²) >= 11 is 0. The Labute approximate surface area is 850 Å². The number of unbranched alkanes of at least 4 members (excludes halogenated alkanes) is 7. The molecule has 6 aromatic carbocycles. The van der Waals surface area contributed by atoms with Crippen LogP contribution >= 0.6 is 0 Å². The number of nitrogens with two attached hydrogens (primary N) is 9. The molecule has 4 amide bonds. The molecule has 147 heavy (non-hydrogen) atoms. The van der Waals surface area contributed by atoms with Crippen molar-refractivity contribution in [1.82, 2.24) is 36.6 Å². The lowest BCUT2D eigenvalue weighted by molar-refractivity contribution is -0.138. The fourth-order valence-corrected chi connectivity index (χ4v) is 17.0. The molecule has 2 aliphatic heterocycles. The third-order valence-electron chi connectivity index (χ3n) is 24.9. The minimum absolute atomic E-state index is 0.00612. The molecular weight excluding hydrogens is 1920 g/mol. The molecule has 0 aliphatic carbocycles. The zero-order valence-corrected chi connectivity index (χ0v) is 83.6. The Morgan fingerprint density at radius 1 is 0.415 bits per heavy atom. The Bertz CT molecular complexity index is 5730. The lowest BCUT2D eigenvalue weighted by Gasteiger charge is -2.22. The number of alkyl halides is 6. The van der Waals surface area contributed by atoms with Gasteiger partial charge in [-0.2, -0.15) is 26.3 Å². The van der Waals surface area contributed by atoms with Crippen molar-refractivity contribution in [3.8, 4) is 34.5 Å². The van der Waals surface area contributed by atoms with E-state index in [1.807, 2.05) is 0 Å². The van der Waals surface area contributed by atoms with E-state index >= 15 is 0 Å². The van der Waals surface area contributed by atoms with Gasteiger partial charge in [0, 0.05) is 113 Å². The van der Waals surface area contributed by atoms with Crippen LogP contribution < -0.4 is 107 Å². The van der Waals surface area contributed by atoms with E-state index in [-0.39, 0.29) is 201 Å². The third kappa shape index (κ3) is 38.4. The van der Waals surface area contributed by atoms with E-state index in [0.717, 1.165) is 43.1 Å². The van der Waals surface area contributed by atoms with E-state index < -0.39 is 121 Å². The van der Waals surface area contributed by atoms with Gasteiger partial charge in [-0.05, 0) is 250 Å². The van der Waals surface area contributed by atoms with Crippen LogP contribution in [-0.2, 0) is 92.5 Å². The maximum Gasteiger partial charge on any atom is 0.416 e. The lowest BCUT2D eigenvalue weighted by atomic mass is 9.94. The number of carbonyl (C=O) groups is 12. The largest absolute Gasteiger partial charge is 0.496 e. The predicted octanol–water partition coefficient (Wildman–Crippen LogP) is 8.91. The van der Waals surface area contributed by atoms with Crippen molar-refractivity contribution in [2.75, 3.05) is 87.3 Å². The molecule has 2 saturated heterocycles. The van der Waals surface area contributed by atoms with Crippen molar-refractivity contribution in [1.29, 1.82) is 5.41 Å². The zero-order chi connectivity index (χ0) is 107. The quantitative estimate of drug-likeness (QED) is 0.00556. The molecule has 0 unspecified atom stereocenters. The highest BCUT2D eigenvalue weighted by Crippen LogP contribution is 2.41. The van der Waals surface area contributed by atoms with Crippen LogP contribution in [0.15, 0.2) is 114 Å². The van der Waals surface area contributed by atoms with E-state index in [9.17, 15) is 83.9 Å². The number of aromatic nitrogens is 2. The summed E-state index contributed by atoms with van der Waals surface area (Å²) in [5.41, 5.74) is 49.6. The molecule has 1 aromatic heterocycles. The Hall–Kier alpha value is -13.5. The number of ketones is 8. The van der Waals surface area contributed by atoms with Crippen LogP contribution in [0, 0.1) is 5.41 Å². The number of guanidine groups is 1. The number of benzene rings is 6. The number of aliphatic imine (C=N–C) groups is 1. The van der Waals surface area contributed by atoms with Gasteiger partial charge in [0.15, 0.2) is 40.7 Å². The van der Waals surface area contributed by atoms with Gasteiger partial charge in [-0.15, -0.1) is 0 Å². The summed E-state index contributed by atoms with van der Waals surface area (Å²) < 4.78 is 120. The van der Waals surface area contributed by atoms with Gasteiger partial charge >= 0.3 is 12.4 Å². The van der Waals surface area contributed by atoms with Gasteiger partial charge in [0.05, 0.1) is 91.8 Å². The number of amides is 4. The molecule has 2 fully saturated rings. The Morgan fingerprint density at radius 2 is 0.748 bits per heavy atom. The van der Waals surface area contributed by atoms with Crippen molar-refractivity contribution in [3.05, 3.63) is 199 Å². The number of ether oxygens (including phenoxy) is 6. The van der Waals surface area contributed by atoms with Gasteiger partial charge in [-0.1, -0.05) is 37.1 Å². The maximum atomic E-state index is 14.4. The Morgan fingerprint density at radius 3 is 1.07 bits per heavy atom. The van der Waals surface area contributed by atoms with Crippen LogP contribution in [-0.4, -0.2) is 215 Å². The van der Waals surface area contributed by atoms with Crippen LogP contribution in [0.2, 0.25) is 0 Å². The first-order chi connectivity index (χ1) is 70.2. The van der Waals surface area contributed by atoms with Crippen LogP contribution in [0.5, 0.6) is 34.5 Å². The Balaban J connectivity index is 0.000000366. The van der Waals surface area contributed by atoms with Gasteiger partial charge in [-0.25, -0.2) is 9.97 Å². The summed E-state index contributed by atoms with van der Waals surface area (Å²) in [6.45, 7) is 3.72. The molecule has 0 radical (unpaired) electrons. The lowest BCUT2D eigenvalue weighted by Crippen LogP contribution is -2.42. The predicted molar refractivity (Wildman–Crippen MR) is 540 cm³/mol. The molecule has 798 valence electrons. The first-order valence-electron chi connectivity index (χ1n) is 49.3. The standard InChI is InChI=1S/C60H83N9O12.C45H55F6N9O6/c1-78-53-21-17-37(29-41(53)57(66)74)34-50(71)46(14-6-10-26-62)67-59(76)43-31-39(19-23-55(43)80-3)36-52(73)48(16-8-12-28-64)69-60(77)44-32-40(20-24-56(44)81-4)35-51(72)47(15-7-11-27-63)68-58(75)42-30-38(18-22-54(42)79-2)33-49(70)45(65)13-5-9-25-61;46-44(47,48)30-14-26(18-32(61)6-2-1-3-8-40(52)53)41(65-34-9-12-56-23-34)28(16-30)20-38(63)36-22-37(60-25-59-36)39(64)21-29-17-31(45(49,50)51)15-27(42(29)66-35-10-13-57-24-35)19-33(62)7-4-5-11-58-43(54)55/h17-24,29-32,45-48H,5-16,25-28,33-36,61-65H2,1-4H3,(H2,66,74)(H,67,76)(H,68,75)(H,69,77);14-17,22,25,34-35,56-57H,1-13,18-21,23-24H2,(H3,52,53)(H4,54,55,58)/t45-,46-,47-,48-;34-,35-/m01/s1. The normalized spacial score (nSPS) is 14.2. The van der Waals surface area contributed by atoms with Crippen LogP contribution in [0.25, 0.3) is 0 Å². The van der Waals surface area contributed by atoms with Gasteiger partial charge in [0.1, 0.15) is 76.0 Å². The molecule has 2 aliphatic rings. The second-order valence-corrected chi connectivity index (χ2v) is 36.4. The second-order valence-electron chi connectivity index (χ2n) is 36.4. The molecule has 36 nitrogen and oxygen atoms in total. The molecule has 0 bridgehead atoms. The number of primary amides is 1. The van der Waals surface area contributed by atoms with E-state index in [4.69, 9.17) is 85.4 Å². The minimum atomic E-state index is -4.87. The van der Waals surface area contributed by atoms with Crippen molar-refractivity contribution in [2.24, 2.45) is 56.6 Å². The molecule has 0 spiro atoms. The summed E-state index contributed by atoms with van der Waals surface area (Å²) in [6.07, 6.45) is -2.73. The van der Waals surface area contributed by atoms with Gasteiger partial charge in [0.25, 0.3) is 23.6 Å². The molecule has 7 aromatic rings. The highest BCUT2D eigenvalue weighted by molar-refractivity contribution is 6.05. The highest BCUT2D eigenvalue weighted by atomic mass is 19.4. The fraction of sp³-hybridized carbons (Fsp3) is 0.486. The van der Waals surface area contributed by atoms with E-state index in [1.165, 1.54) is 46.6 Å². The van der Waals surface area contributed by atoms with Gasteiger partial charge < -0.3 is 107 Å². The highest BCUT2D eigenvalue weighted by Gasteiger charge is 2.38. The summed E-state index contributed by atoms with van der Waals surface area (Å²) in [5.74, 6) is -5.59. The SMILES string of the molecule is COc1ccc(CC(=O)[C@H](CCCCN)NC(=O)c2cc(CC(=O)[C@H](CCCCN)NC(=O)c3cc(CC(=O)[C@H](CCCCN)NC(=O)c4cc(CC(=O)[C@@H](N)CCCCN)ccc4OC)ccc3OC)ccc2OC)cc1C(N)=O.N=C(N)CCCCCC(=O)Cc1cc(C(F)(F)F)cc(CC(=O)c2cc(C(=O)Cc3cc(C(F)(F)F)cc(CC(=O)CCCCN=C(N)N)c3O[C@@H]3CCNC3)ncn2)c1O[C@@H]1CCNC1. The smallest absolute Gasteiger partial charge is 0.416 e. The van der Waals surface area contributed by atoms with Crippen LogP contribution in [0.1, 0.15) is 259 Å². The summed E-state index contributed by atoms with van der Waals surface area (Å²) in [6, 6.07) is 19.5. The monoisotopic (exact) mass is 2050 g/mol. The topological polar surface area (TPSA) is 617 Å². The number of methoxy groups -OCH3 is 4. The average molecular weight is 2050 g/mol. The summed E-state index contributed by atoms with van der Waals surface area (Å²) in [5, 5.41) is 22.2. The van der Waals surface area contributed by atoms with Crippen molar-refractivity contribution in [3.63, 3.8) is 0 Å². The zero-order valence-electron chi connectivity index (χ0n) is 83.6. The summed E-state index contributed by atoms with van der Waals surface area (Å²) in [4.78, 5) is 176. The number of rotatable bonds is 64. The van der Waals surface area contributed by atoms with Gasteiger partial charge in [-0.3, -0.25) is 67.9 Å². The molecule has 6 atom stereocenters. The van der Waals surface area contributed by atoms with E-state index in [2.05, 4.69) is 41.5 Å². The Kier molecular flexibility index (Phi) is 48.4. The number of hydrogen-bond donors (Lipinski definition) is 15. The molecule has 9 rings (SSSR count). The number of nitrogens with zero attached hydrogens (tertiary/aromatic N) is 3. The van der Waals surface area contributed by atoms with Crippen LogP contribution in [0.4, 0.5) is 26.3 Å². The fourth-order valence-electron chi connectivity index (χ4n) is 17.0. The average Bonchev–Trinajstić information content (AvgIpc) is 1.54. The number of nitrogens with one attached hydrogen (secondary N) is 6. The number of carbonyl (C=O) groups excluding carboxylic acids is 12. The number of halogens is 6. The van der Waals surface area contributed by atoms with Crippen molar-refractivity contribution >= 4 is 81.7 Å². The molecular formula is C105H138F6N18O18. The maximum absolute atomic E-state index is 14.4. The first kappa shape index (κ1) is 119.